The number of anilines is 2. The highest BCUT2D eigenvalue weighted by Crippen LogP contribution is 2.32. The molecular weight excluding hydrogens is 426 g/mol. The molecule has 2 aromatic carbocycles. The fraction of sp³-hybridized carbons (Fsp3) is 0.417. The largest absolute Gasteiger partial charge is 0.324 e. The number of hydrogen-bond acceptors (Lipinski definition) is 4. The lowest BCUT2D eigenvalue weighted by Gasteiger charge is -2.31. The van der Waals surface area contributed by atoms with Crippen LogP contribution in [0.25, 0.3) is 0 Å². The van der Waals surface area contributed by atoms with Gasteiger partial charge in [-0.05, 0) is 67.5 Å². The zero-order valence-corrected chi connectivity index (χ0v) is 19.3. The third kappa shape index (κ3) is 4.56. The first-order valence-electron chi connectivity index (χ1n) is 11.0. The molecule has 8 heteroatoms. The Kier molecular flexibility index (Phi) is 6.35. The van der Waals surface area contributed by atoms with Crippen molar-refractivity contribution in [3.63, 3.8) is 0 Å². The summed E-state index contributed by atoms with van der Waals surface area (Å²) in [7, 11) is -3.57. The second-order valence-electron chi connectivity index (χ2n) is 8.72. The summed E-state index contributed by atoms with van der Waals surface area (Å²) >= 11 is 0. The summed E-state index contributed by atoms with van der Waals surface area (Å²) in [5.74, 6) is 0.105. The number of amides is 2. The van der Waals surface area contributed by atoms with Gasteiger partial charge >= 0.3 is 0 Å². The van der Waals surface area contributed by atoms with Crippen LogP contribution in [0.2, 0.25) is 0 Å². The van der Waals surface area contributed by atoms with Gasteiger partial charge in [-0.25, -0.2) is 8.42 Å². The number of carbonyl (C=O) groups is 2. The highest BCUT2D eigenvalue weighted by molar-refractivity contribution is 7.89. The highest BCUT2D eigenvalue weighted by atomic mass is 32.2. The third-order valence-corrected chi connectivity index (χ3v) is 8.25. The average molecular weight is 456 g/mol. The summed E-state index contributed by atoms with van der Waals surface area (Å²) in [5.41, 5.74) is 3.03. The maximum absolute atomic E-state index is 13.1. The molecule has 0 aromatic heterocycles. The first-order chi connectivity index (χ1) is 15.3. The van der Waals surface area contributed by atoms with E-state index >= 15 is 0 Å². The minimum absolute atomic E-state index is 0.115. The first-order valence-corrected chi connectivity index (χ1v) is 12.5. The summed E-state index contributed by atoms with van der Waals surface area (Å²) in [6.07, 6.45) is 2.44. The molecule has 0 spiro atoms. The SMILES string of the molecule is Cc1ccccc1NC(=O)CN1C(=O)CCc2cc(S(=O)(=O)N3CCC(C)CC3)ccc21. The summed E-state index contributed by atoms with van der Waals surface area (Å²) in [6.45, 7) is 5.00. The Morgan fingerprint density at radius 3 is 2.53 bits per heavy atom. The number of para-hydroxylation sites is 1. The van der Waals surface area contributed by atoms with E-state index < -0.39 is 10.0 Å². The van der Waals surface area contributed by atoms with E-state index in [9.17, 15) is 18.0 Å². The summed E-state index contributed by atoms with van der Waals surface area (Å²) < 4.78 is 27.8. The van der Waals surface area contributed by atoms with Gasteiger partial charge in [0.2, 0.25) is 21.8 Å². The van der Waals surface area contributed by atoms with Gasteiger partial charge in [-0.1, -0.05) is 25.1 Å². The minimum Gasteiger partial charge on any atom is -0.324 e. The molecule has 2 amide bonds. The number of piperidine rings is 1. The van der Waals surface area contributed by atoms with E-state index in [0.29, 0.717) is 36.8 Å². The number of nitrogens with one attached hydrogen (secondary N) is 1. The zero-order chi connectivity index (χ0) is 22.9. The predicted octanol–water partition coefficient (Wildman–Crippen LogP) is 3.33. The minimum atomic E-state index is -3.57. The van der Waals surface area contributed by atoms with Gasteiger partial charge in [-0.3, -0.25) is 9.59 Å². The van der Waals surface area contributed by atoms with Crippen molar-refractivity contribution < 1.29 is 18.0 Å². The molecule has 2 aliphatic heterocycles. The van der Waals surface area contributed by atoms with Crippen molar-refractivity contribution in [1.82, 2.24) is 4.31 Å². The second kappa shape index (κ2) is 9.03. The van der Waals surface area contributed by atoms with Gasteiger partial charge in [0.1, 0.15) is 6.54 Å². The second-order valence-corrected chi connectivity index (χ2v) is 10.7. The Bertz CT molecular complexity index is 1140. The topological polar surface area (TPSA) is 86.8 Å². The number of aryl methyl sites for hydroxylation is 2. The van der Waals surface area contributed by atoms with E-state index in [0.717, 1.165) is 24.0 Å². The summed E-state index contributed by atoms with van der Waals surface area (Å²) in [4.78, 5) is 26.9. The van der Waals surface area contributed by atoms with Crippen LogP contribution in [0.5, 0.6) is 0 Å². The van der Waals surface area contributed by atoms with E-state index in [1.54, 1.807) is 22.5 Å². The van der Waals surface area contributed by atoms with Crippen LogP contribution in [0, 0.1) is 12.8 Å². The molecule has 1 fully saturated rings. The van der Waals surface area contributed by atoms with Crippen molar-refractivity contribution in [2.24, 2.45) is 5.92 Å². The lowest BCUT2D eigenvalue weighted by Crippen LogP contribution is -2.41. The van der Waals surface area contributed by atoms with Crippen LogP contribution < -0.4 is 10.2 Å². The van der Waals surface area contributed by atoms with Gasteiger partial charge in [-0.2, -0.15) is 4.31 Å². The standard InChI is InChI=1S/C24H29N3O4S/c1-17-11-13-26(14-12-17)32(30,31)20-8-9-22-19(15-20)7-10-24(29)27(22)16-23(28)25-21-6-4-3-5-18(21)2/h3-6,8-9,15,17H,7,10-14,16H2,1-2H3,(H,25,28). The number of carbonyl (C=O) groups excluding carboxylic acids is 2. The van der Waals surface area contributed by atoms with Crippen molar-refractivity contribution in [1.29, 1.82) is 0 Å². The Labute approximate surface area is 189 Å². The normalized spacial score (nSPS) is 17.8. The number of nitrogens with zero attached hydrogens (tertiary/aromatic N) is 2. The van der Waals surface area contributed by atoms with E-state index in [1.807, 2.05) is 31.2 Å². The Morgan fingerprint density at radius 1 is 1.09 bits per heavy atom. The highest BCUT2D eigenvalue weighted by Gasteiger charge is 2.31. The molecule has 7 nitrogen and oxygen atoms in total. The first kappa shape index (κ1) is 22.5. The molecule has 0 radical (unpaired) electrons. The summed E-state index contributed by atoms with van der Waals surface area (Å²) in [6, 6.07) is 12.3. The van der Waals surface area contributed by atoms with E-state index in [2.05, 4.69) is 12.2 Å². The van der Waals surface area contributed by atoms with E-state index in [1.165, 1.54) is 4.90 Å². The number of sulfonamides is 1. The molecule has 0 unspecified atom stereocenters. The number of fused-ring (bicyclic) bond motifs is 1. The third-order valence-electron chi connectivity index (χ3n) is 6.35. The van der Waals surface area contributed by atoms with Gasteiger partial charge in [0.25, 0.3) is 0 Å². The molecule has 0 bridgehead atoms. The van der Waals surface area contributed by atoms with Crippen LogP contribution in [-0.2, 0) is 26.0 Å². The van der Waals surface area contributed by atoms with Gasteiger partial charge in [0.15, 0.2) is 0 Å². The molecule has 170 valence electrons. The van der Waals surface area contributed by atoms with Crippen LogP contribution in [0.15, 0.2) is 47.4 Å². The van der Waals surface area contributed by atoms with Gasteiger partial charge in [0, 0.05) is 30.9 Å². The molecule has 0 aliphatic carbocycles. The quantitative estimate of drug-likeness (QED) is 0.749. The van der Waals surface area contributed by atoms with Crippen LogP contribution in [0.1, 0.15) is 37.3 Å². The maximum Gasteiger partial charge on any atom is 0.244 e. The molecule has 1 N–H and O–H groups in total. The molecule has 0 saturated carbocycles. The number of benzene rings is 2. The lowest BCUT2D eigenvalue weighted by molar-refractivity contribution is -0.121. The van der Waals surface area contributed by atoms with Crippen molar-refractivity contribution >= 4 is 33.2 Å². The molecular formula is C24H29N3O4S. The predicted molar refractivity (Wildman–Crippen MR) is 124 cm³/mol. The molecule has 0 atom stereocenters. The number of rotatable bonds is 5. The molecule has 32 heavy (non-hydrogen) atoms. The summed E-state index contributed by atoms with van der Waals surface area (Å²) in [5, 5.41) is 2.86. The number of hydrogen-bond donors (Lipinski definition) is 1. The smallest absolute Gasteiger partial charge is 0.244 e. The van der Waals surface area contributed by atoms with Crippen molar-refractivity contribution in [3.05, 3.63) is 53.6 Å². The van der Waals surface area contributed by atoms with E-state index in [-0.39, 0.29) is 29.7 Å². The van der Waals surface area contributed by atoms with Crippen LogP contribution in [-0.4, -0.2) is 44.2 Å². The van der Waals surface area contributed by atoms with Crippen molar-refractivity contribution in [2.75, 3.05) is 29.9 Å². The maximum atomic E-state index is 13.1. The molecule has 2 aliphatic rings. The van der Waals surface area contributed by atoms with Crippen molar-refractivity contribution in [3.8, 4) is 0 Å². The van der Waals surface area contributed by atoms with Crippen molar-refractivity contribution in [2.45, 2.75) is 44.4 Å². The fourth-order valence-electron chi connectivity index (χ4n) is 4.29. The van der Waals surface area contributed by atoms with Gasteiger partial charge in [0.05, 0.1) is 4.90 Å². The monoisotopic (exact) mass is 455 g/mol. The average Bonchev–Trinajstić information content (AvgIpc) is 2.77. The Balaban J connectivity index is 1.54. The Hall–Kier alpha value is -2.71. The zero-order valence-electron chi connectivity index (χ0n) is 18.5. The van der Waals surface area contributed by atoms with Gasteiger partial charge < -0.3 is 10.2 Å². The Morgan fingerprint density at radius 2 is 1.81 bits per heavy atom. The molecule has 2 heterocycles. The molecule has 1 saturated heterocycles. The van der Waals surface area contributed by atoms with Crippen LogP contribution in [0.3, 0.4) is 0 Å². The molecule has 4 rings (SSSR count). The fourth-order valence-corrected chi connectivity index (χ4v) is 5.81. The molecule has 2 aromatic rings. The van der Waals surface area contributed by atoms with E-state index in [4.69, 9.17) is 0 Å². The van der Waals surface area contributed by atoms with Crippen LogP contribution >= 0.6 is 0 Å². The van der Waals surface area contributed by atoms with Gasteiger partial charge in [-0.15, -0.1) is 0 Å². The van der Waals surface area contributed by atoms with Crippen LogP contribution in [0.4, 0.5) is 11.4 Å². The lowest BCUT2D eigenvalue weighted by atomic mass is 10.0.